The molecule has 222 valence electrons. The van der Waals surface area contributed by atoms with Crippen molar-refractivity contribution in [2.75, 3.05) is 7.11 Å². The quantitative estimate of drug-likeness (QED) is 0.217. The number of benzene rings is 3. The molecule has 10 heteroatoms. The lowest BCUT2D eigenvalue weighted by atomic mass is 9.96. The van der Waals surface area contributed by atoms with Gasteiger partial charge in [0.2, 0.25) is 0 Å². The van der Waals surface area contributed by atoms with Gasteiger partial charge in [0.1, 0.15) is 11.4 Å². The normalized spacial score (nSPS) is 14.9. The van der Waals surface area contributed by atoms with Crippen molar-refractivity contribution in [1.29, 1.82) is 0 Å². The Morgan fingerprint density at radius 2 is 1.73 bits per heavy atom. The minimum Gasteiger partial charge on any atom is -0.497 e. The number of hydrogen-bond donors (Lipinski definition) is 0. The second-order valence-electron chi connectivity index (χ2n) is 10.5. The maximum Gasteiger partial charge on any atom is 0.338 e. The number of rotatable bonds is 7. The molecule has 0 bridgehead atoms. The SMILES string of the molecule is COc1ccc(C2C(C(=O)OC(C)C)=C(C)N=c3s/c(=C\c4cn(-c5ccccc5)nc4-c4ccc(Cl)cc4)c(=O)n32)cc1. The molecule has 0 radical (unpaired) electrons. The van der Waals surface area contributed by atoms with Crippen molar-refractivity contribution in [3.63, 3.8) is 0 Å². The van der Waals surface area contributed by atoms with Gasteiger partial charge in [-0.05, 0) is 68.8 Å². The summed E-state index contributed by atoms with van der Waals surface area (Å²) in [5, 5.41) is 5.49. The maximum absolute atomic E-state index is 14.2. The standard InChI is InChI=1S/C34H29ClN4O4S/c1-20(2)43-33(41)29-21(3)36-34-39(31(29)23-12-16-27(42-4)17-13-23)32(40)28(44-34)18-24-19-38(26-8-6-5-7-9-26)37-30(24)22-10-14-25(35)15-11-22/h5-20,31H,1-4H3/b28-18-. The fourth-order valence-electron chi connectivity index (χ4n) is 5.14. The molecule has 1 unspecified atom stereocenters. The summed E-state index contributed by atoms with van der Waals surface area (Å²) in [6.07, 6.45) is 3.39. The van der Waals surface area contributed by atoms with E-state index in [-0.39, 0.29) is 11.7 Å². The molecule has 0 fully saturated rings. The largest absolute Gasteiger partial charge is 0.497 e. The molecule has 1 aliphatic heterocycles. The molecule has 1 atom stereocenters. The Morgan fingerprint density at radius 3 is 2.39 bits per heavy atom. The summed E-state index contributed by atoms with van der Waals surface area (Å²) in [6.45, 7) is 5.35. The first-order valence-corrected chi connectivity index (χ1v) is 15.2. The Kier molecular flexibility index (Phi) is 8.07. The first kappa shape index (κ1) is 29.3. The monoisotopic (exact) mass is 624 g/mol. The van der Waals surface area contributed by atoms with E-state index in [4.69, 9.17) is 31.2 Å². The van der Waals surface area contributed by atoms with Gasteiger partial charge in [-0.3, -0.25) is 9.36 Å². The number of ether oxygens (including phenoxy) is 2. The molecule has 3 heterocycles. The van der Waals surface area contributed by atoms with Crippen LogP contribution < -0.4 is 19.6 Å². The van der Waals surface area contributed by atoms with Crippen LogP contribution in [-0.2, 0) is 9.53 Å². The minimum atomic E-state index is -0.728. The summed E-state index contributed by atoms with van der Waals surface area (Å²) >= 11 is 7.44. The van der Waals surface area contributed by atoms with Crippen LogP contribution in [0.5, 0.6) is 5.75 Å². The molecule has 0 spiro atoms. The van der Waals surface area contributed by atoms with E-state index in [0.29, 0.717) is 37.1 Å². The third-order valence-electron chi connectivity index (χ3n) is 7.18. The average Bonchev–Trinajstić information content (AvgIpc) is 3.57. The number of para-hydroxylation sites is 1. The van der Waals surface area contributed by atoms with Gasteiger partial charge in [0, 0.05) is 22.3 Å². The van der Waals surface area contributed by atoms with E-state index in [1.807, 2.05) is 91.1 Å². The molecule has 2 aromatic heterocycles. The zero-order valence-corrected chi connectivity index (χ0v) is 26.1. The van der Waals surface area contributed by atoms with Crippen LogP contribution in [-0.4, -0.2) is 33.5 Å². The number of thiazole rings is 1. The fraction of sp³-hybridized carbons (Fsp3) is 0.176. The van der Waals surface area contributed by atoms with Gasteiger partial charge in [0.25, 0.3) is 5.56 Å². The molecule has 1 aliphatic rings. The maximum atomic E-state index is 14.2. The number of carbonyl (C=O) groups is 1. The minimum absolute atomic E-state index is 0.272. The second-order valence-corrected chi connectivity index (χ2v) is 12.0. The zero-order chi connectivity index (χ0) is 31.0. The first-order chi connectivity index (χ1) is 21.2. The number of nitrogens with zero attached hydrogens (tertiary/aromatic N) is 4. The molecule has 6 rings (SSSR count). The van der Waals surface area contributed by atoms with Gasteiger partial charge in [0.05, 0.1) is 40.7 Å². The Balaban J connectivity index is 1.55. The highest BCUT2D eigenvalue weighted by molar-refractivity contribution is 7.07. The molecule has 3 aromatic carbocycles. The van der Waals surface area contributed by atoms with Crippen molar-refractivity contribution in [2.24, 2.45) is 4.99 Å². The molecule has 0 saturated heterocycles. The van der Waals surface area contributed by atoms with Crippen molar-refractivity contribution < 1.29 is 14.3 Å². The van der Waals surface area contributed by atoms with E-state index in [9.17, 15) is 9.59 Å². The fourth-order valence-corrected chi connectivity index (χ4v) is 6.30. The lowest BCUT2D eigenvalue weighted by Crippen LogP contribution is -2.40. The van der Waals surface area contributed by atoms with E-state index < -0.39 is 12.0 Å². The smallest absolute Gasteiger partial charge is 0.338 e. The molecule has 5 aromatic rings. The summed E-state index contributed by atoms with van der Waals surface area (Å²) in [4.78, 5) is 32.8. The van der Waals surface area contributed by atoms with Crippen LogP contribution in [0.3, 0.4) is 0 Å². The van der Waals surface area contributed by atoms with Gasteiger partial charge in [0.15, 0.2) is 4.80 Å². The van der Waals surface area contributed by atoms with Gasteiger partial charge < -0.3 is 9.47 Å². The van der Waals surface area contributed by atoms with E-state index in [0.717, 1.165) is 22.4 Å². The lowest BCUT2D eigenvalue weighted by molar-refractivity contribution is -0.143. The highest BCUT2D eigenvalue weighted by Gasteiger charge is 2.34. The predicted octanol–water partition coefficient (Wildman–Crippen LogP) is 5.70. The second kappa shape index (κ2) is 12.1. The van der Waals surface area contributed by atoms with Gasteiger partial charge >= 0.3 is 5.97 Å². The number of halogens is 1. The van der Waals surface area contributed by atoms with Crippen molar-refractivity contribution >= 4 is 35.0 Å². The van der Waals surface area contributed by atoms with Crippen molar-refractivity contribution in [3.05, 3.63) is 132 Å². The number of aromatic nitrogens is 3. The van der Waals surface area contributed by atoms with Crippen LogP contribution in [0.1, 0.15) is 37.9 Å². The average molecular weight is 625 g/mol. The first-order valence-electron chi connectivity index (χ1n) is 14.0. The number of hydrogen-bond acceptors (Lipinski definition) is 7. The van der Waals surface area contributed by atoms with E-state index in [1.54, 1.807) is 37.1 Å². The van der Waals surface area contributed by atoms with Crippen LogP contribution in [0.25, 0.3) is 23.0 Å². The lowest BCUT2D eigenvalue weighted by Gasteiger charge is -2.25. The Morgan fingerprint density at radius 1 is 1.02 bits per heavy atom. The molecule has 0 aliphatic carbocycles. The molecule has 0 saturated carbocycles. The number of fused-ring (bicyclic) bond motifs is 1. The molecular weight excluding hydrogens is 596 g/mol. The van der Waals surface area contributed by atoms with Crippen molar-refractivity contribution in [2.45, 2.75) is 32.9 Å². The van der Waals surface area contributed by atoms with E-state index >= 15 is 0 Å². The summed E-state index contributed by atoms with van der Waals surface area (Å²) in [5.74, 6) is 0.156. The number of allylic oxidation sites excluding steroid dienone is 1. The third-order valence-corrected chi connectivity index (χ3v) is 8.42. The van der Waals surface area contributed by atoms with Crippen LogP contribution in [0.2, 0.25) is 5.02 Å². The molecular formula is C34H29ClN4O4S. The van der Waals surface area contributed by atoms with Crippen LogP contribution >= 0.6 is 22.9 Å². The van der Waals surface area contributed by atoms with Gasteiger partial charge in [-0.15, -0.1) is 0 Å². The predicted molar refractivity (Wildman–Crippen MR) is 172 cm³/mol. The van der Waals surface area contributed by atoms with Crippen LogP contribution in [0.15, 0.2) is 106 Å². The molecule has 0 amide bonds. The summed E-state index contributed by atoms with van der Waals surface area (Å²) < 4.78 is 14.8. The van der Waals surface area contributed by atoms with Crippen molar-refractivity contribution in [3.8, 4) is 22.7 Å². The molecule has 44 heavy (non-hydrogen) atoms. The highest BCUT2D eigenvalue weighted by atomic mass is 35.5. The Hall–Kier alpha value is -4.73. The number of methoxy groups -OCH3 is 1. The van der Waals surface area contributed by atoms with Crippen LogP contribution in [0.4, 0.5) is 0 Å². The van der Waals surface area contributed by atoms with Gasteiger partial charge in [-0.2, -0.15) is 5.10 Å². The third kappa shape index (κ3) is 5.64. The number of carbonyl (C=O) groups excluding carboxylic acids is 1. The Labute approximate surface area is 262 Å². The molecule has 8 nitrogen and oxygen atoms in total. The summed E-state index contributed by atoms with van der Waals surface area (Å²) in [5.41, 5.74) is 4.47. The summed E-state index contributed by atoms with van der Waals surface area (Å²) in [6, 6.07) is 23.8. The van der Waals surface area contributed by atoms with Crippen LogP contribution in [0, 0.1) is 0 Å². The number of esters is 1. The topological polar surface area (TPSA) is 87.7 Å². The molecule has 0 N–H and O–H groups in total. The van der Waals surface area contributed by atoms with Crippen molar-refractivity contribution in [1.82, 2.24) is 14.3 Å². The zero-order valence-electron chi connectivity index (χ0n) is 24.5. The van der Waals surface area contributed by atoms with Gasteiger partial charge in [-0.25, -0.2) is 14.5 Å². The summed E-state index contributed by atoms with van der Waals surface area (Å²) in [7, 11) is 1.59. The Bertz CT molecular complexity index is 2060. The van der Waals surface area contributed by atoms with E-state index in [2.05, 4.69) is 0 Å². The van der Waals surface area contributed by atoms with E-state index in [1.165, 1.54) is 11.3 Å². The van der Waals surface area contributed by atoms with Gasteiger partial charge in [-0.1, -0.05) is 65.4 Å². The highest BCUT2D eigenvalue weighted by Crippen LogP contribution is 2.32.